The first-order valence-corrected chi connectivity index (χ1v) is 9.24. The first-order valence-electron chi connectivity index (χ1n) is 9.24. The molecular weight excluding hydrogens is 318 g/mol. The highest BCUT2D eigenvalue weighted by Crippen LogP contribution is 2.21. The monoisotopic (exact) mass is 345 g/mol. The molecule has 7 heteroatoms. The van der Waals surface area contributed by atoms with Crippen molar-refractivity contribution >= 4 is 17.6 Å². The molecule has 3 heterocycles. The molecule has 0 aromatic carbocycles. The number of carbonyl (C=O) groups is 2. The smallest absolute Gasteiger partial charge is 0.227 e. The van der Waals surface area contributed by atoms with Gasteiger partial charge in [0.1, 0.15) is 12.1 Å². The van der Waals surface area contributed by atoms with Crippen molar-refractivity contribution in [3.8, 4) is 0 Å². The lowest BCUT2D eigenvalue weighted by atomic mass is 9.95. The zero-order valence-electron chi connectivity index (χ0n) is 15.1. The Hall–Kier alpha value is -2.18. The lowest BCUT2D eigenvalue weighted by Crippen LogP contribution is -2.53. The van der Waals surface area contributed by atoms with Crippen LogP contribution in [0.5, 0.6) is 0 Å². The van der Waals surface area contributed by atoms with Crippen molar-refractivity contribution in [3.05, 3.63) is 18.1 Å². The van der Waals surface area contributed by atoms with Gasteiger partial charge in [-0.15, -0.1) is 0 Å². The number of nitrogens with zero attached hydrogens (tertiary/aromatic N) is 5. The molecule has 25 heavy (non-hydrogen) atoms. The van der Waals surface area contributed by atoms with Crippen LogP contribution in [-0.4, -0.2) is 70.9 Å². The van der Waals surface area contributed by atoms with Gasteiger partial charge in [0.15, 0.2) is 0 Å². The van der Waals surface area contributed by atoms with Crippen LogP contribution < -0.4 is 4.90 Å². The van der Waals surface area contributed by atoms with Crippen molar-refractivity contribution in [2.24, 2.45) is 5.92 Å². The van der Waals surface area contributed by atoms with Crippen molar-refractivity contribution in [2.75, 3.05) is 44.2 Å². The molecule has 0 spiro atoms. The lowest BCUT2D eigenvalue weighted by Gasteiger charge is -2.39. The summed E-state index contributed by atoms with van der Waals surface area (Å²) in [7, 11) is 0. The average molecular weight is 345 g/mol. The predicted octanol–water partition coefficient (Wildman–Crippen LogP) is 0.946. The molecule has 1 aromatic rings. The summed E-state index contributed by atoms with van der Waals surface area (Å²) in [5, 5.41) is 0. The summed E-state index contributed by atoms with van der Waals surface area (Å²) in [5.74, 6) is 1.27. The highest BCUT2D eigenvalue weighted by atomic mass is 16.2. The van der Waals surface area contributed by atoms with E-state index in [-0.39, 0.29) is 17.7 Å². The fraction of sp³-hybridized carbons (Fsp3) is 0.667. The van der Waals surface area contributed by atoms with Crippen molar-refractivity contribution < 1.29 is 9.59 Å². The van der Waals surface area contributed by atoms with Crippen molar-refractivity contribution in [2.45, 2.75) is 33.1 Å². The molecule has 0 bridgehead atoms. The van der Waals surface area contributed by atoms with Crippen LogP contribution >= 0.6 is 0 Å². The zero-order chi connectivity index (χ0) is 17.8. The van der Waals surface area contributed by atoms with Crippen LogP contribution in [0.1, 0.15) is 32.4 Å². The van der Waals surface area contributed by atoms with E-state index in [1.807, 2.05) is 17.9 Å². The first kappa shape index (κ1) is 17.6. The lowest BCUT2D eigenvalue weighted by molar-refractivity contribution is -0.143. The second kappa shape index (κ2) is 7.80. The van der Waals surface area contributed by atoms with Gasteiger partial charge in [0.2, 0.25) is 11.8 Å². The second-order valence-corrected chi connectivity index (χ2v) is 6.70. The summed E-state index contributed by atoms with van der Waals surface area (Å²) in [5.41, 5.74) is 1.04. The highest BCUT2D eigenvalue weighted by molar-refractivity contribution is 5.84. The Morgan fingerprint density at radius 3 is 2.64 bits per heavy atom. The number of anilines is 1. The molecule has 2 saturated heterocycles. The van der Waals surface area contributed by atoms with E-state index in [0.29, 0.717) is 39.0 Å². The Morgan fingerprint density at radius 2 is 1.96 bits per heavy atom. The summed E-state index contributed by atoms with van der Waals surface area (Å²) in [6.07, 6.45) is 3.68. The molecule has 2 aliphatic heterocycles. The standard InChI is InChI=1S/C18H27N5O2/c1-3-15-11-16(20-13-19-15)22-7-9-23(10-8-22)18(25)14-5-6-17(24)21(4-2)12-14/h11,13-14H,3-10,12H2,1-2H3/t14-/m0/s1. The normalized spacial score (nSPS) is 21.6. The van der Waals surface area contributed by atoms with Crippen LogP contribution in [0.3, 0.4) is 0 Å². The maximum Gasteiger partial charge on any atom is 0.227 e. The molecule has 0 aliphatic carbocycles. The maximum atomic E-state index is 12.8. The van der Waals surface area contributed by atoms with E-state index in [0.717, 1.165) is 31.0 Å². The molecule has 2 fully saturated rings. The molecule has 2 aliphatic rings. The SMILES string of the molecule is CCc1cc(N2CCN(C(=O)[C@H]3CCC(=O)N(CC)C3)CC2)ncn1. The Bertz CT molecular complexity index is 628. The molecule has 2 amide bonds. The molecule has 7 nitrogen and oxygen atoms in total. The molecular formula is C18H27N5O2. The summed E-state index contributed by atoms with van der Waals surface area (Å²) >= 11 is 0. The number of piperazine rings is 1. The molecule has 136 valence electrons. The summed E-state index contributed by atoms with van der Waals surface area (Å²) in [6.45, 7) is 8.29. The predicted molar refractivity (Wildman–Crippen MR) is 95.2 cm³/mol. The Labute approximate surface area is 149 Å². The van der Waals surface area contributed by atoms with Crippen molar-refractivity contribution in [1.29, 1.82) is 0 Å². The third-order valence-electron chi connectivity index (χ3n) is 5.22. The van der Waals surface area contributed by atoms with Crippen LogP contribution in [0.15, 0.2) is 12.4 Å². The van der Waals surface area contributed by atoms with Gasteiger partial charge in [-0.1, -0.05) is 6.92 Å². The molecule has 1 atom stereocenters. The molecule has 0 N–H and O–H groups in total. The van der Waals surface area contributed by atoms with E-state index in [4.69, 9.17) is 0 Å². The van der Waals surface area contributed by atoms with Gasteiger partial charge >= 0.3 is 0 Å². The topological polar surface area (TPSA) is 69.6 Å². The minimum Gasteiger partial charge on any atom is -0.353 e. The fourth-order valence-electron chi connectivity index (χ4n) is 3.59. The van der Waals surface area contributed by atoms with E-state index >= 15 is 0 Å². The van der Waals surface area contributed by atoms with Gasteiger partial charge in [0.05, 0.1) is 5.92 Å². The van der Waals surface area contributed by atoms with E-state index in [9.17, 15) is 9.59 Å². The van der Waals surface area contributed by atoms with Crippen LogP contribution in [0.4, 0.5) is 5.82 Å². The molecule has 3 rings (SSSR count). The van der Waals surface area contributed by atoms with Crippen LogP contribution in [0, 0.1) is 5.92 Å². The summed E-state index contributed by atoms with van der Waals surface area (Å²) in [4.78, 5) is 39.2. The number of hydrogen-bond acceptors (Lipinski definition) is 5. The third-order valence-corrected chi connectivity index (χ3v) is 5.22. The highest BCUT2D eigenvalue weighted by Gasteiger charge is 2.33. The molecule has 0 radical (unpaired) electrons. The second-order valence-electron chi connectivity index (χ2n) is 6.70. The van der Waals surface area contributed by atoms with Gasteiger partial charge in [0.25, 0.3) is 0 Å². The number of piperidine rings is 1. The largest absolute Gasteiger partial charge is 0.353 e. The minimum absolute atomic E-state index is 0.0463. The van der Waals surface area contributed by atoms with Gasteiger partial charge in [-0.3, -0.25) is 9.59 Å². The van der Waals surface area contributed by atoms with Gasteiger partial charge in [0, 0.05) is 57.4 Å². The number of aryl methyl sites for hydroxylation is 1. The van der Waals surface area contributed by atoms with E-state index in [1.165, 1.54) is 0 Å². The Balaban J connectivity index is 1.56. The van der Waals surface area contributed by atoms with Gasteiger partial charge in [-0.2, -0.15) is 0 Å². The first-order chi connectivity index (χ1) is 12.1. The number of amides is 2. The summed E-state index contributed by atoms with van der Waals surface area (Å²) in [6, 6.07) is 2.03. The third kappa shape index (κ3) is 3.91. The minimum atomic E-state index is -0.0463. The Morgan fingerprint density at radius 1 is 1.20 bits per heavy atom. The molecule has 0 saturated carbocycles. The zero-order valence-corrected chi connectivity index (χ0v) is 15.1. The molecule has 0 unspecified atom stereocenters. The van der Waals surface area contributed by atoms with Gasteiger partial charge in [-0.25, -0.2) is 9.97 Å². The van der Waals surface area contributed by atoms with E-state index < -0.39 is 0 Å². The van der Waals surface area contributed by atoms with E-state index in [2.05, 4.69) is 21.8 Å². The molecule has 1 aromatic heterocycles. The van der Waals surface area contributed by atoms with Crippen LogP contribution in [0.2, 0.25) is 0 Å². The number of aromatic nitrogens is 2. The fourth-order valence-corrected chi connectivity index (χ4v) is 3.59. The van der Waals surface area contributed by atoms with Crippen molar-refractivity contribution in [1.82, 2.24) is 19.8 Å². The maximum absolute atomic E-state index is 12.8. The van der Waals surface area contributed by atoms with Crippen LogP contribution in [0.25, 0.3) is 0 Å². The summed E-state index contributed by atoms with van der Waals surface area (Å²) < 4.78 is 0. The number of likely N-dealkylation sites (tertiary alicyclic amines) is 1. The number of hydrogen-bond donors (Lipinski definition) is 0. The van der Waals surface area contributed by atoms with E-state index in [1.54, 1.807) is 11.2 Å². The Kier molecular flexibility index (Phi) is 5.50. The van der Waals surface area contributed by atoms with Gasteiger partial charge in [-0.05, 0) is 19.8 Å². The number of rotatable bonds is 4. The van der Waals surface area contributed by atoms with Crippen molar-refractivity contribution in [3.63, 3.8) is 0 Å². The number of carbonyl (C=O) groups excluding carboxylic acids is 2. The van der Waals surface area contributed by atoms with Gasteiger partial charge < -0.3 is 14.7 Å². The quantitative estimate of drug-likeness (QED) is 0.812. The van der Waals surface area contributed by atoms with Crippen LogP contribution in [-0.2, 0) is 16.0 Å². The average Bonchev–Trinajstić information content (AvgIpc) is 2.68.